The quantitative estimate of drug-likeness (QED) is 0.425. The molecular weight excluding hydrogens is 500 g/mol. The molecular formula is C30H30N2O5S. The molecule has 2 atom stereocenters. The van der Waals surface area contributed by atoms with Crippen LogP contribution in [0.1, 0.15) is 39.5 Å². The highest BCUT2D eigenvalue weighted by Crippen LogP contribution is 2.56. The van der Waals surface area contributed by atoms with Crippen LogP contribution >= 0.6 is 11.8 Å². The molecule has 2 aliphatic rings. The van der Waals surface area contributed by atoms with Gasteiger partial charge in [0.15, 0.2) is 4.87 Å². The standard InChI is InChI=1S/C30H30N2O5S/c1-5-37-28(34)26-18-38-30(32(26)27(33)22-11-13-23(36-4)14-12-22)24-16-20(3)8-15-25(24)31(29(30)35)17-21-9-6-19(2)7-10-21/h6-16,26H,5,17-18H2,1-4H3. The molecule has 0 aromatic heterocycles. The highest BCUT2D eigenvalue weighted by atomic mass is 32.2. The summed E-state index contributed by atoms with van der Waals surface area (Å²) in [6, 6.07) is 19.7. The second kappa shape index (κ2) is 10.2. The molecule has 2 unspecified atom stereocenters. The second-order valence-electron chi connectivity index (χ2n) is 9.52. The molecule has 1 fully saturated rings. The molecule has 5 rings (SSSR count). The van der Waals surface area contributed by atoms with Gasteiger partial charge in [-0.25, -0.2) is 4.79 Å². The predicted octanol–water partition coefficient (Wildman–Crippen LogP) is 4.83. The monoisotopic (exact) mass is 530 g/mol. The van der Waals surface area contributed by atoms with Crippen molar-refractivity contribution in [1.82, 2.24) is 4.90 Å². The van der Waals surface area contributed by atoms with Crippen molar-refractivity contribution < 1.29 is 23.9 Å². The number of methoxy groups -OCH3 is 1. The van der Waals surface area contributed by atoms with Crippen LogP contribution < -0.4 is 9.64 Å². The summed E-state index contributed by atoms with van der Waals surface area (Å²) in [5, 5.41) is 0. The molecule has 1 saturated heterocycles. The number of carbonyl (C=O) groups is 3. The summed E-state index contributed by atoms with van der Waals surface area (Å²) in [5.74, 6) is -0.307. The first-order valence-electron chi connectivity index (χ1n) is 12.6. The summed E-state index contributed by atoms with van der Waals surface area (Å²) < 4.78 is 10.6. The molecule has 0 aliphatic carbocycles. The number of fused-ring (bicyclic) bond motifs is 2. The van der Waals surface area contributed by atoms with Crippen molar-refractivity contribution in [2.75, 3.05) is 24.4 Å². The van der Waals surface area contributed by atoms with Crippen LogP contribution in [-0.4, -0.2) is 48.2 Å². The third-order valence-corrected chi connectivity index (χ3v) is 8.51. The van der Waals surface area contributed by atoms with E-state index in [4.69, 9.17) is 9.47 Å². The number of benzene rings is 3. The number of esters is 1. The molecule has 38 heavy (non-hydrogen) atoms. The summed E-state index contributed by atoms with van der Waals surface area (Å²) in [6.07, 6.45) is 0. The van der Waals surface area contributed by atoms with Crippen molar-refractivity contribution >= 4 is 35.2 Å². The zero-order valence-corrected chi connectivity index (χ0v) is 22.7. The van der Waals surface area contributed by atoms with Gasteiger partial charge in [-0.1, -0.05) is 47.5 Å². The molecule has 8 heteroatoms. The van der Waals surface area contributed by atoms with Gasteiger partial charge in [-0.3, -0.25) is 14.5 Å². The Morgan fingerprint density at radius 2 is 1.68 bits per heavy atom. The van der Waals surface area contributed by atoms with Crippen LogP contribution in [0.3, 0.4) is 0 Å². The fraction of sp³-hybridized carbons (Fsp3) is 0.300. The van der Waals surface area contributed by atoms with Crippen molar-refractivity contribution in [3.8, 4) is 5.75 Å². The van der Waals surface area contributed by atoms with Crippen LogP contribution in [0, 0.1) is 13.8 Å². The van der Waals surface area contributed by atoms with Gasteiger partial charge in [0, 0.05) is 16.9 Å². The Labute approximate surface area is 226 Å². The molecule has 1 spiro atoms. The van der Waals surface area contributed by atoms with Gasteiger partial charge >= 0.3 is 5.97 Å². The largest absolute Gasteiger partial charge is 0.497 e. The summed E-state index contributed by atoms with van der Waals surface area (Å²) in [4.78, 5) is 43.6. The highest BCUT2D eigenvalue weighted by Gasteiger charge is 2.64. The lowest BCUT2D eigenvalue weighted by Crippen LogP contribution is -2.55. The van der Waals surface area contributed by atoms with Crippen LogP contribution in [-0.2, 0) is 25.7 Å². The Morgan fingerprint density at radius 1 is 1.00 bits per heavy atom. The fourth-order valence-corrected chi connectivity index (χ4v) is 6.69. The van der Waals surface area contributed by atoms with Crippen molar-refractivity contribution in [3.63, 3.8) is 0 Å². The summed E-state index contributed by atoms with van der Waals surface area (Å²) in [7, 11) is 1.55. The third-order valence-electron chi connectivity index (χ3n) is 7.02. The second-order valence-corrected chi connectivity index (χ2v) is 10.7. The number of thioether (sulfide) groups is 1. The Bertz CT molecular complexity index is 1390. The van der Waals surface area contributed by atoms with E-state index >= 15 is 0 Å². The predicted molar refractivity (Wildman–Crippen MR) is 147 cm³/mol. The van der Waals surface area contributed by atoms with Gasteiger partial charge in [0.1, 0.15) is 11.8 Å². The molecule has 0 bridgehead atoms. The van der Waals surface area contributed by atoms with E-state index in [1.165, 1.54) is 16.7 Å². The molecule has 0 radical (unpaired) electrons. The van der Waals surface area contributed by atoms with Crippen molar-refractivity contribution in [2.24, 2.45) is 0 Å². The van der Waals surface area contributed by atoms with E-state index in [0.29, 0.717) is 23.4 Å². The Kier molecular flexibility index (Phi) is 6.92. The van der Waals surface area contributed by atoms with Gasteiger partial charge in [0.05, 0.1) is 25.9 Å². The highest BCUT2D eigenvalue weighted by molar-refractivity contribution is 8.01. The SMILES string of the molecule is CCOC(=O)C1CSC2(C(=O)N(Cc3ccc(C)cc3)c3ccc(C)cc32)N1C(=O)c1ccc(OC)cc1. The third kappa shape index (κ3) is 4.22. The molecule has 3 aromatic carbocycles. The number of hydrogen-bond donors (Lipinski definition) is 0. The smallest absolute Gasteiger partial charge is 0.329 e. The molecule has 2 amide bonds. The normalized spacial score (nSPS) is 20.1. The lowest BCUT2D eigenvalue weighted by molar-refractivity contribution is -0.148. The van der Waals surface area contributed by atoms with Crippen molar-refractivity contribution in [1.29, 1.82) is 0 Å². The fourth-order valence-electron chi connectivity index (χ4n) is 5.10. The summed E-state index contributed by atoms with van der Waals surface area (Å²) in [6.45, 7) is 6.24. The van der Waals surface area contributed by atoms with Gasteiger partial charge in [-0.15, -0.1) is 11.8 Å². The molecule has 0 N–H and O–H groups in total. The van der Waals surface area contributed by atoms with Gasteiger partial charge in [0.25, 0.3) is 11.8 Å². The lowest BCUT2D eigenvalue weighted by Gasteiger charge is -2.36. The average molecular weight is 531 g/mol. The first kappa shape index (κ1) is 25.9. The molecule has 3 aromatic rings. The number of amides is 2. The zero-order chi connectivity index (χ0) is 27.0. The van der Waals surface area contributed by atoms with E-state index in [1.54, 1.807) is 43.2 Å². The Morgan fingerprint density at radius 3 is 2.34 bits per heavy atom. The number of anilines is 1. The number of aryl methyl sites for hydroxylation is 2. The number of ether oxygens (including phenoxy) is 2. The van der Waals surface area contributed by atoms with E-state index in [1.807, 2.05) is 56.3 Å². The van der Waals surface area contributed by atoms with Crippen LogP contribution in [0.5, 0.6) is 5.75 Å². The molecule has 0 saturated carbocycles. The summed E-state index contributed by atoms with van der Waals surface area (Å²) >= 11 is 1.32. The minimum atomic E-state index is -1.39. The van der Waals surface area contributed by atoms with Gasteiger partial charge in [-0.05, 0) is 56.7 Å². The zero-order valence-electron chi connectivity index (χ0n) is 21.9. The number of carbonyl (C=O) groups excluding carboxylic acids is 3. The van der Waals surface area contributed by atoms with Gasteiger partial charge < -0.3 is 14.4 Å². The number of hydrogen-bond acceptors (Lipinski definition) is 6. The van der Waals surface area contributed by atoms with E-state index < -0.39 is 22.8 Å². The topological polar surface area (TPSA) is 76.2 Å². The van der Waals surface area contributed by atoms with Crippen LogP contribution in [0.4, 0.5) is 5.69 Å². The van der Waals surface area contributed by atoms with E-state index in [9.17, 15) is 14.4 Å². The maximum absolute atomic E-state index is 14.5. The number of rotatable bonds is 6. The maximum atomic E-state index is 14.5. The lowest BCUT2D eigenvalue weighted by atomic mass is 10.0. The number of nitrogens with zero attached hydrogens (tertiary/aromatic N) is 2. The minimum Gasteiger partial charge on any atom is -0.497 e. The minimum absolute atomic E-state index is 0.181. The summed E-state index contributed by atoms with van der Waals surface area (Å²) in [5.41, 5.74) is 4.89. The molecule has 2 heterocycles. The van der Waals surface area contributed by atoms with Crippen molar-refractivity contribution in [3.05, 3.63) is 94.5 Å². The van der Waals surface area contributed by atoms with E-state index in [0.717, 1.165) is 22.4 Å². The first-order valence-corrected chi connectivity index (χ1v) is 13.6. The molecule has 196 valence electrons. The van der Waals surface area contributed by atoms with Crippen molar-refractivity contribution in [2.45, 2.75) is 38.2 Å². The Balaban J connectivity index is 1.64. The average Bonchev–Trinajstić information content (AvgIpc) is 3.43. The van der Waals surface area contributed by atoms with E-state index in [-0.39, 0.29) is 18.3 Å². The van der Waals surface area contributed by atoms with E-state index in [2.05, 4.69) is 0 Å². The van der Waals surface area contributed by atoms with Gasteiger partial charge in [-0.2, -0.15) is 0 Å². The maximum Gasteiger partial charge on any atom is 0.329 e. The molecule has 7 nitrogen and oxygen atoms in total. The Hall–Kier alpha value is -3.78. The van der Waals surface area contributed by atoms with Crippen LogP contribution in [0.2, 0.25) is 0 Å². The first-order chi connectivity index (χ1) is 18.3. The molecule has 2 aliphatic heterocycles. The van der Waals surface area contributed by atoms with Crippen LogP contribution in [0.15, 0.2) is 66.7 Å². The van der Waals surface area contributed by atoms with Gasteiger partial charge in [0.2, 0.25) is 0 Å². The van der Waals surface area contributed by atoms with Crippen LogP contribution in [0.25, 0.3) is 0 Å².